The van der Waals surface area contributed by atoms with Gasteiger partial charge in [0.05, 0.1) is 34.9 Å². The second-order valence-corrected chi connectivity index (χ2v) is 9.16. The molecule has 1 aromatic carbocycles. The molecule has 1 unspecified atom stereocenters. The monoisotopic (exact) mass is 437 g/mol. The molecule has 2 aromatic heterocycles. The molecule has 1 N–H and O–H groups in total. The lowest BCUT2D eigenvalue weighted by atomic mass is 10.2. The molecule has 1 atom stereocenters. The Morgan fingerprint density at radius 1 is 1.27 bits per heavy atom. The Labute approximate surface area is 171 Å². The van der Waals surface area contributed by atoms with Gasteiger partial charge in [-0.25, -0.2) is 22.2 Å². The molecule has 8 nitrogen and oxygen atoms in total. The van der Waals surface area contributed by atoms with Crippen LogP contribution in [0.5, 0.6) is 0 Å². The van der Waals surface area contributed by atoms with Crippen LogP contribution in [0.4, 0.5) is 8.78 Å². The summed E-state index contributed by atoms with van der Waals surface area (Å²) in [4.78, 5) is 17.5. The van der Waals surface area contributed by atoms with Crippen LogP contribution in [-0.4, -0.2) is 45.4 Å². The standard InChI is InChI=1S/C19H21F2N5O3S/c1-11-17(12(2)24-23-11)30(28,29)26-9-5-8-15(26)18-22-14-7-4-3-6-13(14)19(27)25(18)10-16(20)21/h3-4,6-7,15-16H,5,8-10H2,1-2H3,(H,23,24). The third-order valence-corrected chi connectivity index (χ3v) is 7.51. The van der Waals surface area contributed by atoms with Crippen molar-refractivity contribution in [1.82, 2.24) is 24.1 Å². The second kappa shape index (κ2) is 7.55. The van der Waals surface area contributed by atoms with E-state index in [9.17, 15) is 22.0 Å². The zero-order valence-electron chi connectivity index (χ0n) is 16.5. The predicted molar refractivity (Wildman–Crippen MR) is 106 cm³/mol. The molecule has 0 saturated carbocycles. The molecule has 0 bridgehead atoms. The number of sulfonamides is 1. The number of nitrogens with one attached hydrogen (secondary N) is 1. The Balaban J connectivity index is 1.90. The van der Waals surface area contributed by atoms with E-state index in [0.717, 1.165) is 4.57 Å². The second-order valence-electron chi connectivity index (χ2n) is 7.33. The van der Waals surface area contributed by atoms with Crippen LogP contribution in [0, 0.1) is 13.8 Å². The van der Waals surface area contributed by atoms with Crippen LogP contribution < -0.4 is 5.56 Å². The van der Waals surface area contributed by atoms with Crippen LogP contribution in [0.2, 0.25) is 0 Å². The first-order chi connectivity index (χ1) is 14.2. The SMILES string of the molecule is Cc1n[nH]c(C)c1S(=O)(=O)N1CCCC1c1nc2ccccc2c(=O)n1CC(F)F. The number of benzene rings is 1. The minimum Gasteiger partial charge on any atom is -0.289 e. The molecule has 0 amide bonds. The maximum atomic E-state index is 13.4. The van der Waals surface area contributed by atoms with Crippen molar-refractivity contribution in [3.63, 3.8) is 0 Å². The molecule has 0 spiro atoms. The van der Waals surface area contributed by atoms with E-state index in [1.165, 1.54) is 10.4 Å². The number of aromatic nitrogens is 4. The van der Waals surface area contributed by atoms with Gasteiger partial charge in [-0.2, -0.15) is 9.40 Å². The van der Waals surface area contributed by atoms with E-state index in [2.05, 4.69) is 15.2 Å². The highest BCUT2D eigenvalue weighted by atomic mass is 32.2. The summed E-state index contributed by atoms with van der Waals surface area (Å²) in [6, 6.07) is 5.65. The van der Waals surface area contributed by atoms with E-state index < -0.39 is 34.6 Å². The number of para-hydroxylation sites is 1. The summed E-state index contributed by atoms with van der Waals surface area (Å²) >= 11 is 0. The fraction of sp³-hybridized carbons (Fsp3) is 0.421. The van der Waals surface area contributed by atoms with Crippen molar-refractivity contribution in [3.8, 4) is 0 Å². The van der Waals surface area contributed by atoms with Gasteiger partial charge >= 0.3 is 0 Å². The van der Waals surface area contributed by atoms with Crippen LogP contribution in [-0.2, 0) is 16.6 Å². The minimum atomic E-state index is -3.97. The summed E-state index contributed by atoms with van der Waals surface area (Å²) in [5, 5.41) is 6.85. The van der Waals surface area contributed by atoms with Gasteiger partial charge in [-0.1, -0.05) is 12.1 Å². The van der Waals surface area contributed by atoms with E-state index in [-0.39, 0.29) is 22.7 Å². The Bertz CT molecular complexity index is 1250. The zero-order valence-corrected chi connectivity index (χ0v) is 17.3. The summed E-state index contributed by atoms with van der Waals surface area (Å²) in [5.74, 6) is 0.0406. The molecule has 0 aliphatic carbocycles. The summed E-state index contributed by atoms with van der Waals surface area (Å²) in [5.41, 5.74) is 0.475. The average molecular weight is 437 g/mol. The van der Waals surface area contributed by atoms with Crippen LogP contribution >= 0.6 is 0 Å². The van der Waals surface area contributed by atoms with E-state index in [0.29, 0.717) is 29.7 Å². The van der Waals surface area contributed by atoms with Crippen LogP contribution in [0.1, 0.15) is 36.1 Å². The largest absolute Gasteiger partial charge is 0.289 e. The minimum absolute atomic E-state index is 0.0406. The molecule has 1 aliphatic rings. The number of hydrogen-bond donors (Lipinski definition) is 1. The fourth-order valence-electron chi connectivity index (χ4n) is 4.08. The highest BCUT2D eigenvalue weighted by Gasteiger charge is 2.41. The zero-order chi connectivity index (χ0) is 21.6. The lowest BCUT2D eigenvalue weighted by Crippen LogP contribution is -2.36. The quantitative estimate of drug-likeness (QED) is 0.661. The number of aryl methyl sites for hydroxylation is 2. The Morgan fingerprint density at radius 2 is 2.00 bits per heavy atom. The topological polar surface area (TPSA) is 101 Å². The lowest BCUT2D eigenvalue weighted by molar-refractivity contribution is 0.122. The molecule has 30 heavy (non-hydrogen) atoms. The Morgan fingerprint density at radius 3 is 2.67 bits per heavy atom. The number of alkyl halides is 2. The molecule has 1 fully saturated rings. The molecule has 1 saturated heterocycles. The number of hydrogen-bond acceptors (Lipinski definition) is 5. The number of halogens is 2. The van der Waals surface area contributed by atoms with Gasteiger partial charge < -0.3 is 0 Å². The fourth-order valence-corrected chi connectivity index (χ4v) is 6.07. The molecule has 3 heterocycles. The van der Waals surface area contributed by atoms with E-state index in [4.69, 9.17) is 0 Å². The number of fused-ring (bicyclic) bond motifs is 1. The lowest BCUT2D eigenvalue weighted by Gasteiger charge is -2.26. The number of H-pyrrole nitrogens is 1. The molecule has 1 aliphatic heterocycles. The maximum Gasteiger partial charge on any atom is 0.261 e. The van der Waals surface area contributed by atoms with Crippen molar-refractivity contribution in [3.05, 3.63) is 51.8 Å². The van der Waals surface area contributed by atoms with Crippen molar-refractivity contribution >= 4 is 20.9 Å². The Kier molecular flexibility index (Phi) is 5.18. The Hall–Kier alpha value is -2.66. The van der Waals surface area contributed by atoms with E-state index in [1.54, 1.807) is 32.0 Å². The van der Waals surface area contributed by atoms with Crippen molar-refractivity contribution in [2.24, 2.45) is 0 Å². The number of aromatic amines is 1. The molecule has 11 heteroatoms. The molecule has 160 valence electrons. The van der Waals surface area contributed by atoms with Gasteiger partial charge in [-0.05, 0) is 38.8 Å². The number of nitrogens with zero attached hydrogens (tertiary/aromatic N) is 4. The van der Waals surface area contributed by atoms with Gasteiger partial charge in [-0.15, -0.1) is 0 Å². The molecular weight excluding hydrogens is 416 g/mol. The van der Waals surface area contributed by atoms with Gasteiger partial charge in [0.2, 0.25) is 10.0 Å². The van der Waals surface area contributed by atoms with Crippen LogP contribution in [0.15, 0.2) is 34.0 Å². The maximum absolute atomic E-state index is 13.4. The summed E-state index contributed by atoms with van der Waals surface area (Å²) in [7, 11) is -3.97. The van der Waals surface area contributed by atoms with Crippen molar-refractivity contribution in [1.29, 1.82) is 0 Å². The summed E-state index contributed by atoms with van der Waals surface area (Å²) in [6.45, 7) is 2.55. The first-order valence-electron chi connectivity index (χ1n) is 9.53. The van der Waals surface area contributed by atoms with Crippen molar-refractivity contribution in [2.75, 3.05) is 6.54 Å². The first-order valence-corrected chi connectivity index (χ1v) is 11.0. The van der Waals surface area contributed by atoms with Gasteiger partial charge in [0.1, 0.15) is 10.7 Å². The van der Waals surface area contributed by atoms with Crippen LogP contribution in [0.25, 0.3) is 10.9 Å². The third-order valence-electron chi connectivity index (χ3n) is 5.34. The van der Waals surface area contributed by atoms with E-state index in [1.807, 2.05) is 0 Å². The smallest absolute Gasteiger partial charge is 0.261 e. The van der Waals surface area contributed by atoms with Crippen molar-refractivity contribution in [2.45, 2.75) is 50.6 Å². The third kappa shape index (κ3) is 3.31. The van der Waals surface area contributed by atoms with Gasteiger partial charge in [-0.3, -0.25) is 14.5 Å². The molecule has 3 aromatic rings. The molecule has 4 rings (SSSR count). The van der Waals surface area contributed by atoms with Gasteiger partial charge in [0.25, 0.3) is 12.0 Å². The highest BCUT2D eigenvalue weighted by molar-refractivity contribution is 7.89. The number of rotatable bonds is 5. The van der Waals surface area contributed by atoms with Gasteiger partial charge in [0, 0.05) is 6.54 Å². The predicted octanol–water partition coefficient (Wildman–Crippen LogP) is 2.53. The van der Waals surface area contributed by atoms with Gasteiger partial charge in [0.15, 0.2) is 0 Å². The first kappa shape index (κ1) is 20.6. The average Bonchev–Trinajstić information content (AvgIpc) is 3.31. The van der Waals surface area contributed by atoms with Crippen LogP contribution in [0.3, 0.4) is 0 Å². The van der Waals surface area contributed by atoms with Crippen molar-refractivity contribution < 1.29 is 17.2 Å². The van der Waals surface area contributed by atoms with E-state index >= 15 is 0 Å². The summed E-state index contributed by atoms with van der Waals surface area (Å²) in [6.07, 6.45) is -1.88. The molecular formula is C19H21F2N5O3S. The molecule has 0 radical (unpaired) electrons. The highest BCUT2D eigenvalue weighted by Crippen LogP contribution is 2.37. The normalized spacial score (nSPS) is 18.0. The summed E-state index contributed by atoms with van der Waals surface area (Å²) < 4.78 is 55.6.